The molecule has 0 fully saturated rings. The Hall–Kier alpha value is -1.18. The number of phenols is 1. The summed E-state index contributed by atoms with van der Waals surface area (Å²) in [5.41, 5.74) is 1.10. The quantitative estimate of drug-likeness (QED) is 0.819. The highest BCUT2D eigenvalue weighted by Crippen LogP contribution is 2.22. The van der Waals surface area contributed by atoms with E-state index in [1.165, 1.54) is 0 Å². The molecule has 1 N–H and O–H groups in total. The van der Waals surface area contributed by atoms with Gasteiger partial charge in [-0.1, -0.05) is 19.9 Å². The van der Waals surface area contributed by atoms with Gasteiger partial charge in [-0.2, -0.15) is 0 Å². The van der Waals surface area contributed by atoms with E-state index in [-0.39, 0.29) is 0 Å². The van der Waals surface area contributed by atoms with E-state index in [9.17, 15) is 5.11 Å². The zero-order valence-electron chi connectivity index (χ0n) is 10.1. The van der Waals surface area contributed by atoms with Crippen molar-refractivity contribution in [2.24, 2.45) is 5.92 Å². The van der Waals surface area contributed by atoms with Crippen LogP contribution in [0.5, 0.6) is 5.75 Å². The number of hydrogen-bond donors (Lipinski definition) is 1. The zero-order chi connectivity index (χ0) is 11.4. The van der Waals surface area contributed by atoms with E-state index in [0.717, 1.165) is 12.2 Å². The summed E-state index contributed by atoms with van der Waals surface area (Å²) in [6.45, 7) is 9.77. The van der Waals surface area contributed by atoms with Gasteiger partial charge in [0.15, 0.2) is 0 Å². The van der Waals surface area contributed by atoms with Gasteiger partial charge in [-0.05, 0) is 31.9 Å². The largest absolute Gasteiger partial charge is 0.508 e. The Kier molecular flexibility index (Phi) is 4.01. The predicted molar refractivity (Wildman–Crippen MR) is 65.4 cm³/mol. The van der Waals surface area contributed by atoms with Crippen LogP contribution in [0.1, 0.15) is 27.7 Å². The molecule has 1 rings (SSSR count). The van der Waals surface area contributed by atoms with E-state index >= 15 is 0 Å². The van der Waals surface area contributed by atoms with Gasteiger partial charge >= 0.3 is 0 Å². The van der Waals surface area contributed by atoms with E-state index in [1.807, 2.05) is 18.2 Å². The molecule has 1 aromatic rings. The molecule has 0 saturated carbocycles. The topological polar surface area (TPSA) is 23.5 Å². The number of nitrogens with zero attached hydrogens (tertiary/aromatic N) is 1. The van der Waals surface area contributed by atoms with E-state index in [1.54, 1.807) is 6.07 Å². The molecule has 1 aromatic carbocycles. The number of anilines is 1. The van der Waals surface area contributed by atoms with Crippen LogP contribution in [0.25, 0.3) is 0 Å². The van der Waals surface area contributed by atoms with Gasteiger partial charge in [-0.3, -0.25) is 0 Å². The van der Waals surface area contributed by atoms with Crippen molar-refractivity contribution in [3.05, 3.63) is 24.3 Å². The lowest BCUT2D eigenvalue weighted by Gasteiger charge is -2.30. The lowest BCUT2D eigenvalue weighted by molar-refractivity contribution is 0.474. The minimum Gasteiger partial charge on any atom is -0.508 e. The first-order chi connectivity index (χ1) is 7.00. The Morgan fingerprint density at radius 2 is 1.87 bits per heavy atom. The molecule has 0 aliphatic heterocycles. The second-order valence-corrected chi connectivity index (χ2v) is 4.66. The first-order valence-corrected chi connectivity index (χ1v) is 5.56. The van der Waals surface area contributed by atoms with Gasteiger partial charge < -0.3 is 10.0 Å². The molecular weight excluding hydrogens is 186 g/mol. The van der Waals surface area contributed by atoms with Crippen LogP contribution >= 0.6 is 0 Å². The van der Waals surface area contributed by atoms with Crippen molar-refractivity contribution in [3.8, 4) is 5.75 Å². The van der Waals surface area contributed by atoms with Crippen LogP contribution < -0.4 is 4.90 Å². The normalized spacial score (nSPS) is 11.1. The summed E-state index contributed by atoms with van der Waals surface area (Å²) < 4.78 is 0. The summed E-state index contributed by atoms with van der Waals surface area (Å²) in [5, 5.41) is 9.45. The molecule has 0 aliphatic rings. The van der Waals surface area contributed by atoms with Crippen molar-refractivity contribution < 1.29 is 5.11 Å². The fourth-order valence-corrected chi connectivity index (χ4v) is 1.68. The second kappa shape index (κ2) is 5.06. The summed E-state index contributed by atoms with van der Waals surface area (Å²) in [5.74, 6) is 0.955. The van der Waals surface area contributed by atoms with Crippen LogP contribution in [0.2, 0.25) is 0 Å². The van der Waals surface area contributed by atoms with E-state index in [4.69, 9.17) is 0 Å². The van der Waals surface area contributed by atoms with Crippen molar-refractivity contribution in [1.29, 1.82) is 0 Å². The predicted octanol–water partition coefficient (Wildman–Crippen LogP) is 3.26. The standard InChI is InChI=1S/C13H21NO/c1-10(2)9-14(11(3)4)12-6-5-7-13(15)8-12/h5-8,10-11,15H,9H2,1-4H3. The molecule has 0 spiro atoms. The fraction of sp³-hybridized carbons (Fsp3) is 0.538. The SMILES string of the molecule is CC(C)CN(c1cccc(O)c1)C(C)C. The van der Waals surface area contributed by atoms with Gasteiger partial charge in [0.2, 0.25) is 0 Å². The van der Waals surface area contributed by atoms with Gasteiger partial charge in [-0.25, -0.2) is 0 Å². The number of benzene rings is 1. The summed E-state index contributed by atoms with van der Waals surface area (Å²) in [7, 11) is 0. The highest BCUT2D eigenvalue weighted by molar-refractivity contribution is 5.51. The van der Waals surface area contributed by atoms with Crippen LogP contribution in [-0.2, 0) is 0 Å². The third kappa shape index (κ3) is 3.46. The summed E-state index contributed by atoms with van der Waals surface area (Å²) in [6, 6.07) is 7.91. The number of hydrogen-bond acceptors (Lipinski definition) is 2. The molecule has 0 bridgehead atoms. The molecule has 0 heterocycles. The van der Waals surface area contributed by atoms with Crippen LogP contribution in [0.3, 0.4) is 0 Å². The Balaban J connectivity index is 2.88. The molecule has 0 aromatic heterocycles. The Bertz CT molecular complexity index is 307. The average molecular weight is 207 g/mol. The minimum atomic E-state index is 0.335. The van der Waals surface area contributed by atoms with Gasteiger partial charge in [-0.15, -0.1) is 0 Å². The maximum atomic E-state index is 9.45. The van der Waals surface area contributed by atoms with Crippen molar-refractivity contribution in [2.75, 3.05) is 11.4 Å². The third-order valence-corrected chi connectivity index (χ3v) is 2.35. The lowest BCUT2D eigenvalue weighted by Crippen LogP contribution is -2.34. The Morgan fingerprint density at radius 1 is 1.20 bits per heavy atom. The van der Waals surface area contributed by atoms with Crippen LogP contribution in [-0.4, -0.2) is 17.7 Å². The number of phenolic OH excluding ortho intramolecular Hbond substituents is 1. The second-order valence-electron chi connectivity index (χ2n) is 4.66. The molecule has 2 heteroatoms. The molecule has 0 radical (unpaired) electrons. The van der Waals surface area contributed by atoms with Crippen molar-refractivity contribution in [2.45, 2.75) is 33.7 Å². The summed E-state index contributed by atoms with van der Waals surface area (Å²) in [6.07, 6.45) is 0. The highest BCUT2D eigenvalue weighted by atomic mass is 16.3. The van der Waals surface area contributed by atoms with Gasteiger partial charge in [0.05, 0.1) is 0 Å². The fourth-order valence-electron chi connectivity index (χ4n) is 1.68. The van der Waals surface area contributed by atoms with Gasteiger partial charge in [0.1, 0.15) is 5.75 Å². The van der Waals surface area contributed by atoms with Crippen LogP contribution in [0.15, 0.2) is 24.3 Å². The molecule has 0 aliphatic carbocycles. The summed E-state index contributed by atoms with van der Waals surface area (Å²) in [4.78, 5) is 2.31. The molecule has 0 amide bonds. The Morgan fingerprint density at radius 3 is 2.33 bits per heavy atom. The third-order valence-electron chi connectivity index (χ3n) is 2.35. The van der Waals surface area contributed by atoms with E-state index in [0.29, 0.717) is 17.7 Å². The molecule has 0 unspecified atom stereocenters. The first-order valence-electron chi connectivity index (χ1n) is 5.56. The average Bonchev–Trinajstić information content (AvgIpc) is 2.13. The van der Waals surface area contributed by atoms with Gasteiger partial charge in [0.25, 0.3) is 0 Å². The molecule has 84 valence electrons. The molecule has 15 heavy (non-hydrogen) atoms. The zero-order valence-corrected chi connectivity index (χ0v) is 10.1. The van der Waals surface area contributed by atoms with E-state index in [2.05, 4.69) is 32.6 Å². The molecular formula is C13H21NO. The first kappa shape index (κ1) is 11.9. The van der Waals surface area contributed by atoms with Crippen LogP contribution in [0.4, 0.5) is 5.69 Å². The molecule has 2 nitrogen and oxygen atoms in total. The van der Waals surface area contributed by atoms with Gasteiger partial charge in [0, 0.05) is 24.3 Å². The minimum absolute atomic E-state index is 0.335. The monoisotopic (exact) mass is 207 g/mol. The number of rotatable bonds is 4. The van der Waals surface area contributed by atoms with Crippen molar-refractivity contribution in [3.63, 3.8) is 0 Å². The number of aromatic hydroxyl groups is 1. The smallest absolute Gasteiger partial charge is 0.117 e. The molecule has 0 atom stereocenters. The Labute approximate surface area is 92.5 Å². The summed E-state index contributed by atoms with van der Waals surface area (Å²) >= 11 is 0. The van der Waals surface area contributed by atoms with Crippen LogP contribution in [0, 0.1) is 5.92 Å². The lowest BCUT2D eigenvalue weighted by atomic mass is 10.1. The maximum Gasteiger partial charge on any atom is 0.117 e. The van der Waals surface area contributed by atoms with Crippen molar-refractivity contribution in [1.82, 2.24) is 0 Å². The molecule has 0 saturated heterocycles. The van der Waals surface area contributed by atoms with Crippen molar-refractivity contribution >= 4 is 5.69 Å². The maximum absolute atomic E-state index is 9.45. The van der Waals surface area contributed by atoms with E-state index < -0.39 is 0 Å². The highest BCUT2D eigenvalue weighted by Gasteiger charge is 2.12.